The van der Waals surface area contributed by atoms with Crippen LogP contribution in [0.25, 0.3) is 0 Å². The second-order valence-electron chi connectivity index (χ2n) is 6.18. The second-order valence-corrected chi connectivity index (χ2v) is 6.18. The van der Waals surface area contributed by atoms with Crippen LogP contribution in [0.4, 0.5) is 4.79 Å². The fourth-order valence-corrected chi connectivity index (χ4v) is 0.927. The van der Waals surface area contributed by atoms with E-state index >= 15 is 0 Å². The van der Waals surface area contributed by atoms with Gasteiger partial charge in [-0.05, 0) is 41.5 Å². The number of hydrogen-bond donors (Lipinski definition) is 1. The van der Waals surface area contributed by atoms with Crippen LogP contribution in [-0.4, -0.2) is 31.3 Å². The SMILES string of the molecule is CC([B]OC(C)(C)C)=CCNC(=O)OC(C)(C)C. The number of carbonyl (C=O) groups is 1. The maximum absolute atomic E-state index is 11.4. The average Bonchev–Trinajstić information content (AvgIpc) is 2.10. The van der Waals surface area contributed by atoms with Crippen molar-refractivity contribution >= 4 is 13.6 Å². The number of ether oxygens (including phenoxy) is 1. The van der Waals surface area contributed by atoms with Crippen LogP contribution in [0.2, 0.25) is 0 Å². The molecule has 0 aromatic heterocycles. The quantitative estimate of drug-likeness (QED) is 0.785. The third-order valence-electron chi connectivity index (χ3n) is 1.67. The Labute approximate surface area is 111 Å². The Morgan fingerprint density at radius 1 is 1.17 bits per heavy atom. The van der Waals surface area contributed by atoms with Crippen molar-refractivity contribution in [2.45, 2.75) is 59.7 Å². The predicted molar refractivity (Wildman–Crippen MR) is 74.6 cm³/mol. The molecular weight excluding hydrogens is 229 g/mol. The standard InChI is InChI=1S/C13H25BNO3/c1-10(14-18-13(5,6)7)8-9-15-11(16)17-12(2,3)4/h8H,9H2,1-7H3,(H,15,16). The maximum Gasteiger partial charge on any atom is 0.407 e. The molecular formula is C13H25BNO3. The van der Waals surface area contributed by atoms with E-state index in [-0.39, 0.29) is 5.60 Å². The molecule has 103 valence electrons. The van der Waals surface area contributed by atoms with Crippen LogP contribution in [0.5, 0.6) is 0 Å². The number of allylic oxidation sites excluding steroid dienone is 1. The fraction of sp³-hybridized carbons (Fsp3) is 0.769. The largest absolute Gasteiger partial charge is 0.444 e. The summed E-state index contributed by atoms with van der Waals surface area (Å²) in [6, 6.07) is 0. The highest BCUT2D eigenvalue weighted by Gasteiger charge is 2.15. The smallest absolute Gasteiger partial charge is 0.407 e. The van der Waals surface area contributed by atoms with Crippen molar-refractivity contribution in [3.63, 3.8) is 0 Å². The van der Waals surface area contributed by atoms with E-state index in [1.54, 1.807) is 7.48 Å². The average molecular weight is 254 g/mol. The first kappa shape index (κ1) is 17.0. The van der Waals surface area contributed by atoms with Gasteiger partial charge in [0.05, 0.1) is 0 Å². The molecule has 0 aromatic rings. The van der Waals surface area contributed by atoms with Crippen LogP contribution >= 0.6 is 0 Å². The van der Waals surface area contributed by atoms with E-state index in [2.05, 4.69) is 5.32 Å². The van der Waals surface area contributed by atoms with Crippen molar-refractivity contribution < 1.29 is 14.2 Å². The Balaban J connectivity index is 3.91. The van der Waals surface area contributed by atoms with Crippen molar-refractivity contribution in [2.24, 2.45) is 0 Å². The summed E-state index contributed by atoms with van der Waals surface area (Å²) in [6.07, 6.45) is 1.46. The van der Waals surface area contributed by atoms with Crippen LogP contribution in [0.3, 0.4) is 0 Å². The Morgan fingerprint density at radius 2 is 1.72 bits per heavy atom. The lowest BCUT2D eigenvalue weighted by Crippen LogP contribution is -2.32. The van der Waals surface area contributed by atoms with Crippen LogP contribution in [-0.2, 0) is 9.39 Å². The van der Waals surface area contributed by atoms with Crippen molar-refractivity contribution in [1.29, 1.82) is 0 Å². The lowest BCUT2D eigenvalue weighted by atomic mass is 9.87. The van der Waals surface area contributed by atoms with Gasteiger partial charge in [-0.15, -0.1) is 0 Å². The van der Waals surface area contributed by atoms with Gasteiger partial charge in [0, 0.05) is 12.1 Å². The maximum atomic E-state index is 11.4. The molecule has 0 aliphatic heterocycles. The van der Waals surface area contributed by atoms with Crippen LogP contribution in [0.15, 0.2) is 11.5 Å². The molecule has 0 saturated heterocycles. The number of carbonyl (C=O) groups excluding carboxylic acids is 1. The van der Waals surface area contributed by atoms with Crippen LogP contribution < -0.4 is 5.32 Å². The monoisotopic (exact) mass is 254 g/mol. The summed E-state index contributed by atoms with van der Waals surface area (Å²) >= 11 is 0. The minimum atomic E-state index is -0.468. The summed E-state index contributed by atoms with van der Waals surface area (Å²) < 4.78 is 10.6. The van der Waals surface area contributed by atoms with E-state index in [0.717, 1.165) is 5.47 Å². The topological polar surface area (TPSA) is 47.6 Å². The molecule has 0 rings (SSSR count). The van der Waals surface area contributed by atoms with Crippen LogP contribution in [0.1, 0.15) is 48.5 Å². The molecule has 0 saturated carbocycles. The molecule has 4 nitrogen and oxygen atoms in total. The lowest BCUT2D eigenvalue weighted by molar-refractivity contribution is 0.0534. The third kappa shape index (κ3) is 11.5. The Morgan fingerprint density at radius 3 is 2.17 bits per heavy atom. The summed E-state index contributed by atoms with van der Waals surface area (Å²) in [4.78, 5) is 11.4. The van der Waals surface area contributed by atoms with Gasteiger partial charge < -0.3 is 14.7 Å². The first-order valence-corrected chi connectivity index (χ1v) is 6.14. The zero-order valence-corrected chi connectivity index (χ0v) is 12.6. The summed E-state index contributed by atoms with van der Waals surface area (Å²) in [5, 5.41) is 2.65. The van der Waals surface area contributed by atoms with Gasteiger partial charge in [0.25, 0.3) is 0 Å². The van der Waals surface area contributed by atoms with Gasteiger partial charge in [0.1, 0.15) is 5.60 Å². The zero-order valence-electron chi connectivity index (χ0n) is 12.6. The third-order valence-corrected chi connectivity index (χ3v) is 1.67. The van der Waals surface area contributed by atoms with Crippen molar-refractivity contribution in [3.8, 4) is 0 Å². The molecule has 0 aliphatic rings. The van der Waals surface area contributed by atoms with Crippen molar-refractivity contribution in [1.82, 2.24) is 5.32 Å². The molecule has 0 aromatic carbocycles. The first-order valence-electron chi connectivity index (χ1n) is 6.14. The number of nitrogens with one attached hydrogen (secondary N) is 1. The van der Waals surface area contributed by atoms with E-state index in [9.17, 15) is 4.79 Å². The minimum absolute atomic E-state index is 0.201. The van der Waals surface area contributed by atoms with E-state index in [0.29, 0.717) is 6.54 Å². The number of rotatable bonds is 4. The Kier molecular flexibility index (Phi) is 6.46. The number of alkyl carbamates (subject to hydrolysis) is 1. The van der Waals surface area contributed by atoms with E-state index in [1.807, 2.05) is 54.5 Å². The highest BCUT2D eigenvalue weighted by Crippen LogP contribution is 2.07. The Hall–Kier alpha value is -0.965. The molecule has 0 fully saturated rings. The summed E-state index contributed by atoms with van der Waals surface area (Å²) in [5.41, 5.74) is 0.291. The van der Waals surface area contributed by atoms with E-state index in [4.69, 9.17) is 9.39 Å². The molecule has 0 bridgehead atoms. The minimum Gasteiger partial charge on any atom is -0.444 e. The molecule has 0 atom stereocenters. The summed E-state index contributed by atoms with van der Waals surface area (Å²) in [7, 11) is 1.69. The van der Waals surface area contributed by atoms with Gasteiger partial charge in [-0.3, -0.25) is 0 Å². The molecule has 0 spiro atoms. The van der Waals surface area contributed by atoms with Gasteiger partial charge in [-0.25, -0.2) is 4.79 Å². The Bertz CT molecular complexity index is 300. The normalized spacial score (nSPS) is 13.2. The molecule has 18 heavy (non-hydrogen) atoms. The first-order chi connectivity index (χ1) is 7.99. The number of amides is 1. The van der Waals surface area contributed by atoms with Gasteiger partial charge in [0.15, 0.2) is 0 Å². The molecule has 0 aliphatic carbocycles. The fourth-order valence-electron chi connectivity index (χ4n) is 0.927. The summed E-state index contributed by atoms with van der Waals surface area (Å²) in [6.45, 7) is 13.8. The predicted octanol–water partition coefficient (Wildman–Crippen LogP) is 2.85. The molecule has 0 unspecified atom stereocenters. The highest BCUT2D eigenvalue weighted by molar-refractivity contribution is 6.37. The lowest BCUT2D eigenvalue weighted by Gasteiger charge is -2.20. The second kappa shape index (κ2) is 6.83. The molecule has 1 amide bonds. The molecule has 5 heteroatoms. The van der Waals surface area contributed by atoms with Crippen molar-refractivity contribution in [2.75, 3.05) is 6.54 Å². The highest BCUT2D eigenvalue weighted by atomic mass is 16.6. The number of hydrogen-bond acceptors (Lipinski definition) is 3. The van der Waals surface area contributed by atoms with E-state index < -0.39 is 11.7 Å². The van der Waals surface area contributed by atoms with Crippen LogP contribution in [0, 0.1) is 0 Å². The molecule has 0 heterocycles. The molecule has 1 radical (unpaired) electrons. The van der Waals surface area contributed by atoms with E-state index in [1.165, 1.54) is 0 Å². The van der Waals surface area contributed by atoms with Gasteiger partial charge in [-0.2, -0.15) is 0 Å². The van der Waals surface area contributed by atoms with Gasteiger partial charge in [-0.1, -0.05) is 18.5 Å². The zero-order chi connectivity index (χ0) is 14.4. The summed E-state index contributed by atoms with van der Waals surface area (Å²) in [5.74, 6) is 0. The van der Waals surface area contributed by atoms with Gasteiger partial charge >= 0.3 is 13.6 Å². The molecule has 1 N–H and O–H groups in total. The van der Waals surface area contributed by atoms with Crippen molar-refractivity contribution in [3.05, 3.63) is 11.5 Å². The van der Waals surface area contributed by atoms with Gasteiger partial charge in [0.2, 0.25) is 0 Å².